The molecule has 3 fully saturated rings. The molecule has 113 heavy (non-hydrogen) atoms. The highest BCUT2D eigenvalue weighted by atomic mass is 16.7. The molecular formula is C72H122N12O29. The number of hydrogen-bond acceptors (Lipinski definition) is 29. The van der Waals surface area contributed by atoms with Gasteiger partial charge in [0.1, 0.15) is 90.7 Å². The van der Waals surface area contributed by atoms with Gasteiger partial charge in [0.2, 0.25) is 59.1 Å². The minimum absolute atomic E-state index is 0.0258. The van der Waals surface area contributed by atoms with E-state index >= 15 is 0 Å². The Morgan fingerprint density at radius 2 is 0.823 bits per heavy atom. The zero-order valence-electron chi connectivity index (χ0n) is 65.2. The average molecular weight is 1620 g/mol. The predicted octanol–water partition coefficient (Wildman–Crippen LogP) is -6.18. The molecule has 22 N–H and O–H groups in total. The molecule has 0 radical (unpaired) electrons. The van der Waals surface area contributed by atoms with E-state index in [0.717, 1.165) is 5.56 Å². The standard InChI is InChI=1S/C72H122N12O29/c1-41(2)56(67(103)82-47(15-14-28-77-71(73)104)66(102)81-46-20-18-42(3)19-21-46)83-54(94)16-13-17-55(95)84-72(38-105-32-22-51(91)74-25-7-10-29-108-68-57(78-43(4)88)63(99)60(96)48(35-85)111-68,39-106-33-23-52(92)75-26-8-11-30-109-69-58(79-44(5)89)64(100)61(97)49(36-86)112-69)40-107-34-24-53(93)76-27-9-12-31-110-70-59(80-45(6)90)65(101)62(98)50(37-87)113-70/h18-21,41,47-50,56-65,68-70,85-87,96-101H,7-17,22-40H2,1-6H3,(H,74,91)(H,75,92)(H,76,93)(H,78,88)(H,79,89)(H,80,90)(H,81,102)(H,82,103)(H,83,94)(H,84,95)(H3,73,77,104)/t47-,48+,49+,50+,56-,57+,58+,59+,60-,61-,62-,63+,64+,65+,68+,69+,70+/m0/s1. The average Bonchev–Trinajstić information content (AvgIpc) is 0.856. The molecule has 3 saturated heterocycles. The van der Waals surface area contributed by atoms with E-state index in [2.05, 4.69) is 58.5 Å². The van der Waals surface area contributed by atoms with Crippen LogP contribution in [0.1, 0.15) is 130 Å². The van der Waals surface area contributed by atoms with Gasteiger partial charge in [0, 0.05) is 105 Å². The maximum Gasteiger partial charge on any atom is 0.312 e. The van der Waals surface area contributed by atoms with Crippen molar-refractivity contribution in [2.75, 3.05) is 111 Å². The number of carbonyl (C=O) groups excluding carboxylic acids is 11. The second kappa shape index (κ2) is 52.9. The van der Waals surface area contributed by atoms with Crippen molar-refractivity contribution in [3.63, 3.8) is 0 Å². The number of unbranched alkanes of at least 4 members (excludes halogenated alkanes) is 3. The third-order valence-electron chi connectivity index (χ3n) is 18.2. The number of anilines is 1. The molecule has 3 aliphatic heterocycles. The molecule has 41 nitrogen and oxygen atoms in total. The summed E-state index contributed by atoms with van der Waals surface area (Å²) in [5.41, 5.74) is 5.01. The van der Waals surface area contributed by atoms with Gasteiger partial charge in [0.25, 0.3) is 0 Å². The van der Waals surface area contributed by atoms with E-state index in [1.807, 2.05) is 6.92 Å². The molecule has 17 atom stereocenters. The number of amides is 12. The van der Waals surface area contributed by atoms with Gasteiger partial charge in [-0.2, -0.15) is 0 Å². The van der Waals surface area contributed by atoms with E-state index in [1.165, 1.54) is 20.8 Å². The molecule has 1 aromatic carbocycles. The Balaban J connectivity index is 1.46. The summed E-state index contributed by atoms with van der Waals surface area (Å²) in [7, 11) is 0. The molecular weight excluding hydrogens is 1500 g/mol. The summed E-state index contributed by atoms with van der Waals surface area (Å²) in [5, 5.41) is 121. The molecule has 1 aromatic rings. The van der Waals surface area contributed by atoms with Crippen LogP contribution >= 0.6 is 0 Å². The number of urea groups is 1. The molecule has 3 heterocycles. The van der Waals surface area contributed by atoms with Crippen molar-refractivity contribution in [3.05, 3.63) is 29.8 Å². The van der Waals surface area contributed by atoms with Gasteiger partial charge in [0.15, 0.2) is 18.9 Å². The minimum atomic E-state index is -1.63. The van der Waals surface area contributed by atoms with E-state index in [1.54, 1.807) is 38.1 Å². The molecule has 0 aliphatic carbocycles. The lowest BCUT2D eigenvalue weighted by molar-refractivity contribution is -0.270. The van der Waals surface area contributed by atoms with Gasteiger partial charge in [-0.25, -0.2) is 4.79 Å². The first kappa shape index (κ1) is 97.8. The number of nitrogens with two attached hydrogens (primary N) is 1. The number of aliphatic hydroxyl groups is 9. The number of primary amides is 1. The first-order chi connectivity index (χ1) is 53.8. The number of nitrogens with one attached hydrogen (secondary N) is 11. The van der Waals surface area contributed by atoms with Crippen LogP contribution in [0.2, 0.25) is 0 Å². The molecule has 0 unspecified atom stereocenters. The van der Waals surface area contributed by atoms with Gasteiger partial charge in [-0.1, -0.05) is 31.5 Å². The van der Waals surface area contributed by atoms with Gasteiger partial charge >= 0.3 is 6.03 Å². The van der Waals surface area contributed by atoms with E-state index < -0.39 is 220 Å². The fraction of sp³-hybridized carbons (Fsp3) is 0.764. The number of hydrogen-bond donors (Lipinski definition) is 21. The first-order valence-electron chi connectivity index (χ1n) is 38.2. The molecule has 644 valence electrons. The van der Waals surface area contributed by atoms with Crippen LogP contribution in [0.5, 0.6) is 0 Å². The van der Waals surface area contributed by atoms with E-state index in [9.17, 15) is 98.7 Å². The Bertz CT molecular complexity index is 2880. The number of aryl methyl sites for hydroxylation is 1. The number of rotatable bonds is 54. The third-order valence-corrected chi connectivity index (χ3v) is 18.2. The maximum absolute atomic E-state index is 14.2. The van der Waals surface area contributed by atoms with Gasteiger partial charge in [0.05, 0.1) is 59.5 Å². The van der Waals surface area contributed by atoms with Crippen LogP contribution in [-0.2, 0) is 90.6 Å². The summed E-state index contributed by atoms with van der Waals surface area (Å²) in [4.78, 5) is 142. The quantitative estimate of drug-likeness (QED) is 0.0270. The largest absolute Gasteiger partial charge is 0.394 e. The van der Waals surface area contributed by atoms with Crippen LogP contribution in [0.25, 0.3) is 0 Å². The van der Waals surface area contributed by atoms with Crippen molar-refractivity contribution in [1.82, 2.24) is 53.2 Å². The first-order valence-corrected chi connectivity index (χ1v) is 38.2. The van der Waals surface area contributed by atoms with Crippen LogP contribution in [0.3, 0.4) is 0 Å². The fourth-order valence-electron chi connectivity index (χ4n) is 12.1. The van der Waals surface area contributed by atoms with Crippen LogP contribution in [0.4, 0.5) is 10.5 Å². The van der Waals surface area contributed by atoms with Gasteiger partial charge in [-0.05, 0) is 82.8 Å². The fourth-order valence-corrected chi connectivity index (χ4v) is 12.1. The number of benzene rings is 1. The summed E-state index contributed by atoms with van der Waals surface area (Å²) < 4.78 is 52.4. The molecule has 3 aliphatic rings. The number of carbonyl (C=O) groups is 11. The highest BCUT2D eigenvalue weighted by Gasteiger charge is 2.48. The Morgan fingerprint density at radius 1 is 0.451 bits per heavy atom. The van der Waals surface area contributed by atoms with Crippen molar-refractivity contribution in [3.8, 4) is 0 Å². The molecule has 0 spiro atoms. The van der Waals surface area contributed by atoms with Crippen molar-refractivity contribution >= 4 is 70.8 Å². The Kier molecular flexibility index (Phi) is 45.8. The Labute approximate surface area is 656 Å². The summed E-state index contributed by atoms with van der Waals surface area (Å²) >= 11 is 0. The lowest BCUT2D eigenvalue weighted by atomic mass is 9.97. The maximum atomic E-state index is 14.2. The smallest absolute Gasteiger partial charge is 0.312 e. The molecule has 0 saturated carbocycles. The van der Waals surface area contributed by atoms with Crippen molar-refractivity contribution < 1.29 is 141 Å². The van der Waals surface area contributed by atoms with Gasteiger partial charge < -0.3 is 153 Å². The van der Waals surface area contributed by atoms with Gasteiger partial charge in [-0.15, -0.1) is 0 Å². The Morgan fingerprint density at radius 3 is 1.18 bits per heavy atom. The monoisotopic (exact) mass is 1620 g/mol. The topological polar surface area (TPSA) is 611 Å². The summed E-state index contributed by atoms with van der Waals surface area (Å²) in [6, 6.07) is 0.473. The van der Waals surface area contributed by atoms with Crippen LogP contribution in [0.15, 0.2) is 24.3 Å². The van der Waals surface area contributed by atoms with Crippen molar-refractivity contribution in [1.29, 1.82) is 0 Å². The minimum Gasteiger partial charge on any atom is -0.394 e. The lowest BCUT2D eigenvalue weighted by Crippen LogP contribution is -2.64. The van der Waals surface area contributed by atoms with Crippen LogP contribution in [-0.4, -0.2) is 326 Å². The zero-order valence-corrected chi connectivity index (χ0v) is 65.2. The van der Waals surface area contributed by atoms with Crippen LogP contribution in [0, 0.1) is 12.8 Å². The van der Waals surface area contributed by atoms with Gasteiger partial charge in [-0.3, -0.25) is 47.9 Å². The summed E-state index contributed by atoms with van der Waals surface area (Å²) in [5.74, 6) is -5.94. The van der Waals surface area contributed by atoms with Crippen molar-refractivity contribution in [2.45, 2.75) is 241 Å². The molecule has 0 bridgehead atoms. The molecule has 4 rings (SSSR count). The highest BCUT2D eigenvalue weighted by Crippen LogP contribution is 2.26. The SMILES string of the molecule is CC(=O)N[C@H]1[C@H](OCCCCNC(=O)CCOCC(COCCC(=O)NCCCCO[C@@H]2O[C@H](CO)[C@H](O)[C@H](O)[C@H]2NC(C)=O)(COCCC(=O)NCCCCO[C@@H]2O[C@H](CO)[C@H](O)[C@H](O)[C@H]2NC(C)=O)NC(=O)CCCC(=O)N[C@H](C(=O)N[C@@H](CCCNC(N)=O)C(=O)Nc2ccc(C)cc2)C(C)C)O[C@H](CO)[C@H](O)[C@@H]1O. The third kappa shape index (κ3) is 36.5. The molecule has 12 amide bonds. The summed E-state index contributed by atoms with van der Waals surface area (Å²) in [6.07, 6.45) is -15.0. The Hall–Kier alpha value is -7.53. The molecule has 0 aromatic heterocycles. The second-order valence-electron chi connectivity index (χ2n) is 28.3. The normalized spacial score (nSPS) is 24.2. The summed E-state index contributed by atoms with van der Waals surface area (Å²) in [6.45, 7) is 5.72. The second-order valence-corrected chi connectivity index (χ2v) is 28.3. The predicted molar refractivity (Wildman–Crippen MR) is 397 cm³/mol. The van der Waals surface area contributed by atoms with Crippen molar-refractivity contribution in [2.24, 2.45) is 11.7 Å². The lowest BCUT2D eigenvalue weighted by Gasteiger charge is -2.42. The highest BCUT2D eigenvalue weighted by molar-refractivity contribution is 5.98. The molecule has 41 heteroatoms. The van der Waals surface area contributed by atoms with E-state index in [4.69, 9.17) is 48.4 Å². The zero-order chi connectivity index (χ0) is 83.6. The van der Waals surface area contributed by atoms with Crippen LogP contribution < -0.4 is 64.2 Å². The van der Waals surface area contributed by atoms with E-state index in [-0.39, 0.29) is 117 Å². The number of aliphatic hydroxyl groups excluding tert-OH is 9. The number of ether oxygens (including phenoxy) is 9. The van der Waals surface area contributed by atoms with E-state index in [0.29, 0.717) is 44.2 Å².